The Morgan fingerprint density at radius 1 is 1.57 bits per heavy atom. The Hall–Kier alpha value is -1.10. The predicted octanol–water partition coefficient (Wildman–Crippen LogP) is 0.00230. The zero-order valence-corrected chi connectivity index (χ0v) is 8.37. The maximum Gasteiger partial charge on any atom is 0.329 e. The van der Waals surface area contributed by atoms with Crippen LogP contribution >= 0.6 is 0 Å². The average molecular weight is 201 g/mol. The summed E-state index contributed by atoms with van der Waals surface area (Å²) >= 11 is 0. The molecule has 1 fully saturated rings. The molecule has 0 aromatic rings. The molecule has 1 atom stereocenters. The van der Waals surface area contributed by atoms with Crippen LogP contribution in [-0.2, 0) is 14.3 Å². The average Bonchev–Trinajstić information content (AvgIpc) is 2.85. The van der Waals surface area contributed by atoms with Crippen LogP contribution in [0.5, 0.6) is 0 Å². The second-order valence-electron chi connectivity index (χ2n) is 3.76. The Morgan fingerprint density at radius 2 is 2.14 bits per heavy atom. The molecule has 0 saturated heterocycles. The zero-order chi connectivity index (χ0) is 10.8. The molecule has 0 aromatic heterocycles. The van der Waals surface area contributed by atoms with Crippen LogP contribution in [-0.4, -0.2) is 36.2 Å². The lowest BCUT2D eigenvalue weighted by atomic mass is 9.96. The van der Waals surface area contributed by atoms with E-state index in [0.29, 0.717) is 0 Å². The molecule has 0 spiro atoms. The second-order valence-corrected chi connectivity index (χ2v) is 3.76. The smallest absolute Gasteiger partial charge is 0.329 e. The van der Waals surface area contributed by atoms with E-state index in [1.807, 2.05) is 0 Å². The third-order valence-electron chi connectivity index (χ3n) is 2.51. The maximum atomic E-state index is 11.2. The third-order valence-corrected chi connectivity index (χ3v) is 2.51. The van der Waals surface area contributed by atoms with Gasteiger partial charge in [-0.25, -0.2) is 4.79 Å². The molecule has 5 nitrogen and oxygen atoms in total. The van der Waals surface area contributed by atoms with Crippen molar-refractivity contribution in [2.75, 3.05) is 13.7 Å². The molecular formula is C9H15NO4. The zero-order valence-electron chi connectivity index (χ0n) is 8.37. The summed E-state index contributed by atoms with van der Waals surface area (Å²) < 4.78 is 4.62. The van der Waals surface area contributed by atoms with Crippen LogP contribution in [0.25, 0.3) is 0 Å². The first-order valence-electron chi connectivity index (χ1n) is 4.54. The van der Waals surface area contributed by atoms with E-state index in [-0.39, 0.29) is 18.4 Å². The van der Waals surface area contributed by atoms with Crippen molar-refractivity contribution >= 4 is 11.9 Å². The molecule has 1 aliphatic rings. The van der Waals surface area contributed by atoms with Crippen LogP contribution in [0.2, 0.25) is 0 Å². The van der Waals surface area contributed by atoms with Crippen LogP contribution in [0.3, 0.4) is 0 Å². The largest absolute Gasteiger partial charge is 0.480 e. The molecule has 1 saturated carbocycles. The van der Waals surface area contributed by atoms with Crippen molar-refractivity contribution < 1.29 is 19.4 Å². The number of carbonyl (C=O) groups is 2. The molecule has 1 rings (SSSR count). The molecule has 0 bridgehead atoms. The van der Waals surface area contributed by atoms with E-state index in [4.69, 9.17) is 5.11 Å². The van der Waals surface area contributed by atoms with E-state index < -0.39 is 11.5 Å². The van der Waals surface area contributed by atoms with Crippen LogP contribution in [0, 0.1) is 5.92 Å². The summed E-state index contributed by atoms with van der Waals surface area (Å²) in [5.74, 6) is -1.31. The number of nitrogens with one attached hydrogen (secondary N) is 1. The molecule has 0 aromatic carbocycles. The number of hydrogen-bond donors (Lipinski definition) is 2. The van der Waals surface area contributed by atoms with Gasteiger partial charge in [0, 0.05) is 7.11 Å². The van der Waals surface area contributed by atoms with Gasteiger partial charge in [-0.15, -0.1) is 0 Å². The highest BCUT2D eigenvalue weighted by atomic mass is 16.5. The van der Waals surface area contributed by atoms with Gasteiger partial charge in [0.2, 0.25) is 5.91 Å². The number of hydrogen-bond acceptors (Lipinski definition) is 3. The van der Waals surface area contributed by atoms with Crippen LogP contribution in [0.15, 0.2) is 0 Å². The van der Waals surface area contributed by atoms with E-state index >= 15 is 0 Å². The van der Waals surface area contributed by atoms with E-state index in [0.717, 1.165) is 12.8 Å². The number of carboxylic acids is 1. The van der Waals surface area contributed by atoms with Gasteiger partial charge in [0.1, 0.15) is 12.1 Å². The molecule has 80 valence electrons. The minimum Gasteiger partial charge on any atom is -0.480 e. The van der Waals surface area contributed by atoms with Crippen molar-refractivity contribution in [2.45, 2.75) is 25.3 Å². The van der Waals surface area contributed by atoms with E-state index in [1.54, 1.807) is 6.92 Å². The van der Waals surface area contributed by atoms with Crippen molar-refractivity contribution in [1.29, 1.82) is 0 Å². The highest BCUT2D eigenvalue weighted by Crippen LogP contribution is 2.39. The van der Waals surface area contributed by atoms with Gasteiger partial charge in [0.15, 0.2) is 0 Å². The lowest BCUT2D eigenvalue weighted by Crippen LogP contribution is -2.54. The molecule has 14 heavy (non-hydrogen) atoms. The van der Waals surface area contributed by atoms with Gasteiger partial charge in [-0.05, 0) is 25.7 Å². The van der Waals surface area contributed by atoms with Crippen LogP contribution in [0.1, 0.15) is 19.8 Å². The van der Waals surface area contributed by atoms with Gasteiger partial charge in [0.25, 0.3) is 0 Å². The topological polar surface area (TPSA) is 75.6 Å². The summed E-state index contributed by atoms with van der Waals surface area (Å²) in [5.41, 5.74) is -1.13. The highest BCUT2D eigenvalue weighted by Gasteiger charge is 2.48. The maximum absolute atomic E-state index is 11.2. The fraction of sp³-hybridized carbons (Fsp3) is 0.778. The van der Waals surface area contributed by atoms with Crippen LogP contribution in [0.4, 0.5) is 0 Å². The minimum absolute atomic E-state index is 0.0563. The predicted molar refractivity (Wildman–Crippen MR) is 48.8 cm³/mol. The van der Waals surface area contributed by atoms with E-state index in [2.05, 4.69) is 10.1 Å². The standard InChI is InChI=1S/C9H15NO4/c1-9(8(12)13,6-3-4-6)10-7(11)5-14-2/h6H,3-5H2,1-2H3,(H,10,11)(H,12,13). The van der Waals surface area contributed by atoms with E-state index in [9.17, 15) is 9.59 Å². The number of amides is 1. The normalized spacial score (nSPS) is 19.9. The summed E-state index contributed by atoms with van der Waals surface area (Å²) in [5, 5.41) is 11.5. The summed E-state index contributed by atoms with van der Waals surface area (Å²) in [6, 6.07) is 0. The monoisotopic (exact) mass is 201 g/mol. The van der Waals surface area contributed by atoms with Gasteiger partial charge in [0.05, 0.1) is 0 Å². The summed E-state index contributed by atoms with van der Waals surface area (Å²) in [4.78, 5) is 22.2. The minimum atomic E-state index is -1.13. The third kappa shape index (κ3) is 2.23. The van der Waals surface area contributed by atoms with Gasteiger partial charge >= 0.3 is 5.97 Å². The Kier molecular flexibility index (Phi) is 3.10. The SMILES string of the molecule is COCC(=O)NC(C)(C(=O)O)C1CC1. The molecule has 1 aliphatic carbocycles. The fourth-order valence-corrected chi connectivity index (χ4v) is 1.45. The summed E-state index contributed by atoms with van der Waals surface area (Å²) in [6.07, 6.45) is 1.71. The van der Waals surface area contributed by atoms with Gasteiger partial charge in [-0.2, -0.15) is 0 Å². The number of carbonyl (C=O) groups excluding carboxylic acids is 1. The van der Waals surface area contributed by atoms with Crippen molar-refractivity contribution in [3.8, 4) is 0 Å². The Balaban J connectivity index is 2.59. The molecule has 2 N–H and O–H groups in total. The van der Waals surface area contributed by atoms with E-state index in [1.165, 1.54) is 7.11 Å². The first-order valence-corrected chi connectivity index (χ1v) is 4.54. The highest BCUT2D eigenvalue weighted by molar-refractivity contribution is 5.87. The molecule has 5 heteroatoms. The molecule has 0 radical (unpaired) electrons. The number of rotatable bonds is 5. The van der Waals surface area contributed by atoms with Gasteiger partial charge < -0.3 is 15.2 Å². The first-order chi connectivity index (χ1) is 6.50. The molecule has 1 unspecified atom stereocenters. The Bertz CT molecular complexity index is 249. The lowest BCUT2D eigenvalue weighted by molar-refractivity contribution is -0.148. The molecular weight excluding hydrogens is 186 g/mol. The molecule has 0 heterocycles. The van der Waals surface area contributed by atoms with Crippen molar-refractivity contribution in [3.05, 3.63) is 0 Å². The van der Waals surface area contributed by atoms with Crippen molar-refractivity contribution in [1.82, 2.24) is 5.32 Å². The quantitative estimate of drug-likeness (QED) is 0.656. The second kappa shape index (κ2) is 3.96. The van der Waals surface area contributed by atoms with Crippen LogP contribution < -0.4 is 5.32 Å². The number of carboxylic acid groups (broad SMARTS) is 1. The Labute approximate surface area is 82.4 Å². The first kappa shape index (κ1) is 11.0. The molecule has 0 aliphatic heterocycles. The van der Waals surface area contributed by atoms with Crippen molar-refractivity contribution in [3.63, 3.8) is 0 Å². The number of methoxy groups -OCH3 is 1. The lowest BCUT2D eigenvalue weighted by Gasteiger charge is -2.25. The number of ether oxygens (including phenoxy) is 1. The summed E-state index contributed by atoms with van der Waals surface area (Å²) in [6.45, 7) is 1.44. The Morgan fingerprint density at radius 3 is 2.50 bits per heavy atom. The number of aliphatic carboxylic acids is 1. The van der Waals surface area contributed by atoms with Gasteiger partial charge in [-0.3, -0.25) is 4.79 Å². The summed E-state index contributed by atoms with van der Waals surface area (Å²) in [7, 11) is 1.40. The molecule has 1 amide bonds. The van der Waals surface area contributed by atoms with Crippen molar-refractivity contribution in [2.24, 2.45) is 5.92 Å². The fourth-order valence-electron chi connectivity index (χ4n) is 1.45. The van der Waals surface area contributed by atoms with Gasteiger partial charge in [-0.1, -0.05) is 0 Å².